The van der Waals surface area contributed by atoms with Crippen LogP contribution in [0.25, 0.3) is 0 Å². The first-order valence-electron chi connectivity index (χ1n) is 5.44. The van der Waals surface area contributed by atoms with Gasteiger partial charge in [0.2, 0.25) is 0 Å². The van der Waals surface area contributed by atoms with Gasteiger partial charge in [-0.25, -0.2) is 0 Å². The maximum absolute atomic E-state index is 6.05. The third kappa shape index (κ3) is 2.75. The van der Waals surface area contributed by atoms with Crippen LogP contribution in [0.3, 0.4) is 0 Å². The highest BCUT2D eigenvalue weighted by Gasteiger charge is 2.18. The van der Waals surface area contributed by atoms with E-state index < -0.39 is 0 Å². The van der Waals surface area contributed by atoms with E-state index in [1.807, 2.05) is 0 Å². The molecule has 1 aromatic rings. The highest BCUT2D eigenvalue weighted by Crippen LogP contribution is 2.30. The Hall–Kier alpha value is -0.490. The van der Waals surface area contributed by atoms with Crippen LogP contribution in [0.1, 0.15) is 38.2 Å². The van der Waals surface area contributed by atoms with Crippen LogP contribution in [0.4, 0.5) is 0 Å². The van der Waals surface area contributed by atoms with Crippen molar-refractivity contribution < 1.29 is 0 Å². The van der Waals surface area contributed by atoms with Gasteiger partial charge in [0.15, 0.2) is 0 Å². The summed E-state index contributed by atoms with van der Waals surface area (Å²) in [5, 5.41) is 0. The van der Waals surface area contributed by atoms with Crippen molar-refractivity contribution in [2.75, 3.05) is 5.88 Å². The lowest BCUT2D eigenvalue weighted by molar-refractivity contribution is 0.422. The number of halogens is 1. The minimum atomic E-state index is 0.521. The molecule has 0 spiro atoms. The smallest absolute Gasteiger partial charge is 0.0294 e. The zero-order valence-electron chi connectivity index (χ0n) is 9.04. The molecule has 0 saturated carbocycles. The maximum Gasteiger partial charge on any atom is 0.0294 e. The van der Waals surface area contributed by atoms with Gasteiger partial charge in [-0.2, -0.15) is 0 Å². The second-order valence-electron chi connectivity index (χ2n) is 3.75. The van der Waals surface area contributed by atoms with Crippen molar-refractivity contribution in [2.24, 2.45) is 5.92 Å². The van der Waals surface area contributed by atoms with Crippen LogP contribution in [0, 0.1) is 5.92 Å². The van der Waals surface area contributed by atoms with Gasteiger partial charge in [0, 0.05) is 11.8 Å². The third-order valence-corrected chi connectivity index (χ3v) is 3.34. The van der Waals surface area contributed by atoms with Crippen molar-refractivity contribution in [3.05, 3.63) is 35.9 Å². The quantitative estimate of drug-likeness (QED) is 0.631. The minimum absolute atomic E-state index is 0.521. The molecule has 1 atom stereocenters. The third-order valence-electron chi connectivity index (χ3n) is 3.01. The molecule has 14 heavy (non-hydrogen) atoms. The Labute approximate surface area is 92.3 Å². The van der Waals surface area contributed by atoms with Gasteiger partial charge in [-0.1, -0.05) is 57.0 Å². The lowest BCUT2D eigenvalue weighted by atomic mass is 9.84. The molecule has 0 heterocycles. The van der Waals surface area contributed by atoms with E-state index in [1.165, 1.54) is 18.4 Å². The molecule has 1 unspecified atom stereocenters. The summed E-state index contributed by atoms with van der Waals surface area (Å²) in [4.78, 5) is 0. The van der Waals surface area contributed by atoms with Gasteiger partial charge in [-0.05, 0) is 11.5 Å². The fourth-order valence-corrected chi connectivity index (χ4v) is 2.48. The van der Waals surface area contributed by atoms with E-state index in [9.17, 15) is 0 Å². The minimum Gasteiger partial charge on any atom is -0.126 e. The van der Waals surface area contributed by atoms with E-state index >= 15 is 0 Å². The predicted molar refractivity (Wildman–Crippen MR) is 64.0 cm³/mol. The lowest BCUT2D eigenvalue weighted by Crippen LogP contribution is -2.13. The molecule has 0 nitrogen and oxygen atoms in total. The zero-order valence-corrected chi connectivity index (χ0v) is 9.80. The van der Waals surface area contributed by atoms with Crippen LogP contribution in [0.2, 0.25) is 0 Å². The fourth-order valence-electron chi connectivity index (χ4n) is 2.05. The van der Waals surface area contributed by atoms with Crippen molar-refractivity contribution in [3.63, 3.8) is 0 Å². The Morgan fingerprint density at radius 2 is 1.64 bits per heavy atom. The molecular weight excluding hydrogens is 192 g/mol. The molecule has 0 saturated heterocycles. The SMILES string of the molecule is CCC(CC)C(CCl)c1ccccc1. The normalized spacial score (nSPS) is 13.1. The van der Waals surface area contributed by atoms with E-state index in [0.29, 0.717) is 5.92 Å². The molecule has 0 amide bonds. The van der Waals surface area contributed by atoms with Crippen molar-refractivity contribution in [1.29, 1.82) is 0 Å². The van der Waals surface area contributed by atoms with E-state index in [0.717, 1.165) is 11.8 Å². The average molecular weight is 211 g/mol. The van der Waals surface area contributed by atoms with Gasteiger partial charge < -0.3 is 0 Å². The summed E-state index contributed by atoms with van der Waals surface area (Å²) in [5.41, 5.74) is 1.39. The molecule has 0 aliphatic rings. The van der Waals surface area contributed by atoms with E-state index in [1.54, 1.807) is 0 Å². The Bertz CT molecular complexity index is 239. The summed E-state index contributed by atoms with van der Waals surface area (Å²) in [6, 6.07) is 10.6. The van der Waals surface area contributed by atoms with Crippen LogP contribution in [0.5, 0.6) is 0 Å². The Kier molecular flexibility index (Phi) is 5.03. The topological polar surface area (TPSA) is 0 Å². The summed E-state index contributed by atoms with van der Waals surface area (Å²) in [7, 11) is 0. The Balaban J connectivity index is 2.81. The van der Waals surface area contributed by atoms with Gasteiger partial charge in [0.05, 0.1) is 0 Å². The first kappa shape index (κ1) is 11.6. The van der Waals surface area contributed by atoms with E-state index in [-0.39, 0.29) is 0 Å². The average Bonchev–Trinajstić information content (AvgIpc) is 2.27. The summed E-state index contributed by atoms with van der Waals surface area (Å²) in [6.07, 6.45) is 2.42. The predicted octanol–water partition coefficient (Wildman–Crippen LogP) is 4.45. The van der Waals surface area contributed by atoms with Crippen molar-refractivity contribution in [3.8, 4) is 0 Å². The second kappa shape index (κ2) is 6.08. The van der Waals surface area contributed by atoms with Crippen LogP contribution in [-0.4, -0.2) is 5.88 Å². The first-order valence-corrected chi connectivity index (χ1v) is 5.97. The molecule has 1 heteroatoms. The molecule has 0 N–H and O–H groups in total. The Morgan fingerprint density at radius 3 is 2.07 bits per heavy atom. The van der Waals surface area contributed by atoms with Crippen molar-refractivity contribution >= 4 is 11.6 Å². The lowest BCUT2D eigenvalue weighted by Gasteiger charge is -2.23. The Morgan fingerprint density at radius 1 is 1.07 bits per heavy atom. The summed E-state index contributed by atoms with van der Waals surface area (Å²) in [5.74, 6) is 1.97. The molecule has 0 aromatic heterocycles. The highest BCUT2D eigenvalue weighted by atomic mass is 35.5. The van der Waals surface area contributed by atoms with Gasteiger partial charge in [-0.3, -0.25) is 0 Å². The van der Waals surface area contributed by atoms with E-state index in [2.05, 4.69) is 44.2 Å². The number of rotatable bonds is 5. The van der Waals surface area contributed by atoms with Crippen LogP contribution >= 0.6 is 11.6 Å². The van der Waals surface area contributed by atoms with Crippen LogP contribution in [0.15, 0.2) is 30.3 Å². The second-order valence-corrected chi connectivity index (χ2v) is 4.06. The number of alkyl halides is 1. The summed E-state index contributed by atoms with van der Waals surface area (Å²) < 4.78 is 0. The highest BCUT2D eigenvalue weighted by molar-refractivity contribution is 6.18. The molecule has 0 bridgehead atoms. The molecule has 1 rings (SSSR count). The number of hydrogen-bond donors (Lipinski definition) is 0. The molecule has 0 aliphatic heterocycles. The van der Waals surface area contributed by atoms with Crippen LogP contribution in [-0.2, 0) is 0 Å². The first-order chi connectivity index (χ1) is 6.83. The summed E-state index contributed by atoms with van der Waals surface area (Å²) >= 11 is 6.05. The van der Waals surface area contributed by atoms with Crippen molar-refractivity contribution in [2.45, 2.75) is 32.6 Å². The largest absolute Gasteiger partial charge is 0.126 e. The number of benzene rings is 1. The van der Waals surface area contributed by atoms with Gasteiger partial charge in [-0.15, -0.1) is 11.6 Å². The summed E-state index contributed by atoms with van der Waals surface area (Å²) in [6.45, 7) is 4.49. The molecule has 1 aromatic carbocycles. The molecular formula is C13H19Cl. The van der Waals surface area contributed by atoms with E-state index in [4.69, 9.17) is 11.6 Å². The van der Waals surface area contributed by atoms with Gasteiger partial charge >= 0.3 is 0 Å². The standard InChI is InChI=1S/C13H19Cl/c1-3-11(4-2)13(10-14)12-8-6-5-7-9-12/h5-9,11,13H,3-4,10H2,1-2H3. The number of hydrogen-bond acceptors (Lipinski definition) is 0. The molecule has 0 aliphatic carbocycles. The van der Waals surface area contributed by atoms with Crippen LogP contribution < -0.4 is 0 Å². The van der Waals surface area contributed by atoms with Crippen molar-refractivity contribution in [1.82, 2.24) is 0 Å². The zero-order chi connectivity index (χ0) is 10.4. The molecule has 78 valence electrons. The monoisotopic (exact) mass is 210 g/mol. The molecule has 0 radical (unpaired) electrons. The van der Waals surface area contributed by atoms with Gasteiger partial charge in [0.25, 0.3) is 0 Å². The molecule has 0 fully saturated rings. The van der Waals surface area contributed by atoms with Gasteiger partial charge in [0.1, 0.15) is 0 Å². The fraction of sp³-hybridized carbons (Fsp3) is 0.538. The maximum atomic E-state index is 6.05.